The molecule has 0 radical (unpaired) electrons. The molecule has 0 heterocycles. The van der Waals surface area contributed by atoms with Gasteiger partial charge in [-0.25, -0.2) is 0 Å². The van der Waals surface area contributed by atoms with Crippen LogP contribution in [0, 0.1) is 6.92 Å². The molecule has 0 N–H and O–H groups in total. The summed E-state index contributed by atoms with van der Waals surface area (Å²) >= 11 is 0. The Labute approximate surface area is 115 Å². The first-order chi connectivity index (χ1) is 9.34. The van der Waals surface area contributed by atoms with Gasteiger partial charge < -0.3 is 0 Å². The maximum Gasteiger partial charge on any atom is -0.0155 e. The molecule has 94 valence electrons. The molecule has 2 aromatic carbocycles. The zero-order valence-electron chi connectivity index (χ0n) is 11.3. The highest BCUT2D eigenvalue weighted by molar-refractivity contribution is 5.73. The van der Waals surface area contributed by atoms with Crippen molar-refractivity contribution >= 4 is 5.57 Å². The van der Waals surface area contributed by atoms with Crippen molar-refractivity contribution in [2.45, 2.75) is 19.8 Å². The lowest BCUT2D eigenvalue weighted by atomic mass is 9.94. The van der Waals surface area contributed by atoms with E-state index in [1.54, 1.807) is 0 Å². The fourth-order valence-corrected chi connectivity index (χ4v) is 2.60. The van der Waals surface area contributed by atoms with E-state index in [1.807, 2.05) is 0 Å². The van der Waals surface area contributed by atoms with Crippen LogP contribution >= 0.6 is 0 Å². The van der Waals surface area contributed by atoms with Crippen LogP contribution in [0.3, 0.4) is 0 Å². The van der Waals surface area contributed by atoms with E-state index in [1.165, 1.54) is 27.8 Å². The molecule has 0 aromatic heterocycles. The molecule has 0 amide bonds. The minimum absolute atomic E-state index is 1.15. The standard InChI is InChI=1S/C19H18/c1-15-7-5-6-10-19(15)18-13-11-17(12-14-18)16-8-3-2-4-9-16/h2-3,5-8,10-14H,4,9H2,1H3. The Morgan fingerprint density at radius 1 is 0.842 bits per heavy atom. The molecule has 0 spiro atoms. The normalized spacial score (nSPS) is 14.3. The second kappa shape index (κ2) is 5.27. The number of hydrogen-bond acceptors (Lipinski definition) is 0. The Morgan fingerprint density at radius 3 is 2.26 bits per heavy atom. The lowest BCUT2D eigenvalue weighted by molar-refractivity contribution is 1.05. The molecule has 2 aromatic rings. The van der Waals surface area contributed by atoms with Crippen LogP contribution in [-0.4, -0.2) is 0 Å². The Hall–Kier alpha value is -2.08. The van der Waals surface area contributed by atoms with Crippen molar-refractivity contribution < 1.29 is 0 Å². The molecule has 3 rings (SSSR count). The number of benzene rings is 2. The first kappa shape index (κ1) is 12.0. The zero-order valence-corrected chi connectivity index (χ0v) is 11.3. The van der Waals surface area contributed by atoms with E-state index in [0.29, 0.717) is 0 Å². The van der Waals surface area contributed by atoms with Crippen molar-refractivity contribution in [1.82, 2.24) is 0 Å². The van der Waals surface area contributed by atoms with Crippen LogP contribution in [0.15, 0.2) is 66.8 Å². The second-order valence-electron chi connectivity index (χ2n) is 5.05. The second-order valence-corrected chi connectivity index (χ2v) is 5.05. The smallest absolute Gasteiger partial charge is 0.0155 e. The quantitative estimate of drug-likeness (QED) is 0.666. The SMILES string of the molecule is Cc1ccccc1-c1ccc(C2=CC=CCC2)cc1. The fourth-order valence-electron chi connectivity index (χ4n) is 2.60. The van der Waals surface area contributed by atoms with Crippen LogP contribution in [0.4, 0.5) is 0 Å². The van der Waals surface area contributed by atoms with E-state index in [-0.39, 0.29) is 0 Å². The largest absolute Gasteiger partial charge is 0.0842 e. The van der Waals surface area contributed by atoms with Crippen molar-refractivity contribution in [3.8, 4) is 11.1 Å². The molecule has 0 nitrogen and oxygen atoms in total. The van der Waals surface area contributed by atoms with Gasteiger partial charge in [-0.05, 0) is 47.6 Å². The first-order valence-corrected chi connectivity index (χ1v) is 6.87. The molecule has 0 bridgehead atoms. The highest BCUT2D eigenvalue weighted by Gasteiger charge is 2.05. The van der Waals surface area contributed by atoms with Gasteiger partial charge in [-0.15, -0.1) is 0 Å². The summed E-state index contributed by atoms with van der Waals surface area (Å²) in [5, 5.41) is 0. The summed E-state index contributed by atoms with van der Waals surface area (Å²) in [5.41, 5.74) is 6.75. The van der Waals surface area contributed by atoms with Gasteiger partial charge in [-0.2, -0.15) is 0 Å². The molecular formula is C19H18. The molecular weight excluding hydrogens is 228 g/mol. The summed E-state index contributed by atoms with van der Waals surface area (Å²) in [5.74, 6) is 0. The van der Waals surface area contributed by atoms with Gasteiger partial charge in [0.25, 0.3) is 0 Å². The van der Waals surface area contributed by atoms with Gasteiger partial charge >= 0.3 is 0 Å². The van der Waals surface area contributed by atoms with E-state index >= 15 is 0 Å². The minimum atomic E-state index is 1.15. The third-order valence-corrected chi connectivity index (χ3v) is 3.73. The summed E-state index contributed by atoms with van der Waals surface area (Å²) in [7, 11) is 0. The highest BCUT2D eigenvalue weighted by atomic mass is 14.1. The average molecular weight is 246 g/mol. The molecule has 1 aliphatic carbocycles. The Kier molecular flexibility index (Phi) is 3.33. The van der Waals surface area contributed by atoms with Gasteiger partial charge in [0.15, 0.2) is 0 Å². The van der Waals surface area contributed by atoms with Crippen LogP contribution < -0.4 is 0 Å². The monoisotopic (exact) mass is 246 g/mol. The number of aryl methyl sites for hydroxylation is 1. The van der Waals surface area contributed by atoms with Crippen LogP contribution in [-0.2, 0) is 0 Å². The number of allylic oxidation sites excluding steroid dienone is 4. The van der Waals surface area contributed by atoms with Gasteiger partial charge in [0.05, 0.1) is 0 Å². The molecule has 0 saturated heterocycles. The molecule has 19 heavy (non-hydrogen) atoms. The third kappa shape index (κ3) is 2.53. The molecule has 0 unspecified atom stereocenters. The van der Waals surface area contributed by atoms with Crippen LogP contribution in [0.5, 0.6) is 0 Å². The molecule has 0 heteroatoms. The predicted molar refractivity (Wildman–Crippen MR) is 83.0 cm³/mol. The van der Waals surface area contributed by atoms with E-state index < -0.39 is 0 Å². The third-order valence-electron chi connectivity index (χ3n) is 3.73. The van der Waals surface area contributed by atoms with Gasteiger partial charge in [-0.3, -0.25) is 0 Å². The molecule has 0 atom stereocenters. The van der Waals surface area contributed by atoms with E-state index in [2.05, 4.69) is 73.7 Å². The van der Waals surface area contributed by atoms with Crippen LogP contribution in [0.2, 0.25) is 0 Å². The van der Waals surface area contributed by atoms with Crippen molar-refractivity contribution in [1.29, 1.82) is 0 Å². The lowest BCUT2D eigenvalue weighted by Gasteiger charge is -2.11. The van der Waals surface area contributed by atoms with Crippen LogP contribution in [0.1, 0.15) is 24.0 Å². The zero-order chi connectivity index (χ0) is 13.1. The van der Waals surface area contributed by atoms with Crippen molar-refractivity contribution in [2.75, 3.05) is 0 Å². The van der Waals surface area contributed by atoms with Crippen molar-refractivity contribution in [3.63, 3.8) is 0 Å². The van der Waals surface area contributed by atoms with Gasteiger partial charge in [-0.1, -0.05) is 66.8 Å². The maximum absolute atomic E-state index is 2.24. The summed E-state index contributed by atoms with van der Waals surface area (Å²) in [6, 6.07) is 17.5. The Balaban J connectivity index is 1.93. The van der Waals surface area contributed by atoms with Gasteiger partial charge in [0.1, 0.15) is 0 Å². The van der Waals surface area contributed by atoms with Crippen LogP contribution in [0.25, 0.3) is 16.7 Å². The highest BCUT2D eigenvalue weighted by Crippen LogP contribution is 2.27. The molecule has 0 fully saturated rings. The first-order valence-electron chi connectivity index (χ1n) is 6.87. The predicted octanol–water partition coefficient (Wildman–Crippen LogP) is 5.40. The Morgan fingerprint density at radius 2 is 1.58 bits per heavy atom. The summed E-state index contributed by atoms with van der Waals surface area (Å²) in [6.07, 6.45) is 8.93. The summed E-state index contributed by atoms with van der Waals surface area (Å²) < 4.78 is 0. The molecule has 0 saturated carbocycles. The number of rotatable bonds is 2. The van der Waals surface area contributed by atoms with Crippen molar-refractivity contribution in [2.24, 2.45) is 0 Å². The molecule has 0 aliphatic heterocycles. The van der Waals surface area contributed by atoms with Gasteiger partial charge in [0.2, 0.25) is 0 Å². The molecule has 1 aliphatic rings. The van der Waals surface area contributed by atoms with E-state index in [4.69, 9.17) is 0 Å². The van der Waals surface area contributed by atoms with E-state index in [0.717, 1.165) is 12.8 Å². The summed E-state index contributed by atoms with van der Waals surface area (Å²) in [6.45, 7) is 2.16. The van der Waals surface area contributed by atoms with Crippen molar-refractivity contribution in [3.05, 3.63) is 77.9 Å². The van der Waals surface area contributed by atoms with E-state index in [9.17, 15) is 0 Å². The lowest BCUT2D eigenvalue weighted by Crippen LogP contribution is -1.88. The minimum Gasteiger partial charge on any atom is -0.0842 e. The summed E-state index contributed by atoms with van der Waals surface area (Å²) in [4.78, 5) is 0. The number of hydrogen-bond donors (Lipinski definition) is 0. The fraction of sp³-hybridized carbons (Fsp3) is 0.158. The average Bonchev–Trinajstić information content (AvgIpc) is 2.49. The maximum atomic E-state index is 2.24. The topological polar surface area (TPSA) is 0 Å². The Bertz CT molecular complexity index is 627. The van der Waals surface area contributed by atoms with Gasteiger partial charge in [0, 0.05) is 0 Å².